The van der Waals surface area contributed by atoms with E-state index in [4.69, 9.17) is 5.73 Å². The Morgan fingerprint density at radius 3 is 2.48 bits per heavy atom. The van der Waals surface area contributed by atoms with Crippen molar-refractivity contribution in [3.63, 3.8) is 0 Å². The molecule has 118 valence electrons. The second-order valence-corrected chi connectivity index (χ2v) is 6.02. The fourth-order valence-corrected chi connectivity index (χ4v) is 2.65. The fourth-order valence-electron chi connectivity index (χ4n) is 2.65. The van der Waals surface area contributed by atoms with Gasteiger partial charge in [0.15, 0.2) is 0 Å². The van der Waals surface area contributed by atoms with Gasteiger partial charge in [-0.15, -0.1) is 12.4 Å². The zero-order chi connectivity index (χ0) is 14.5. The first-order valence-electron chi connectivity index (χ1n) is 7.71. The summed E-state index contributed by atoms with van der Waals surface area (Å²) in [6.45, 7) is 4.87. The van der Waals surface area contributed by atoms with Crippen LogP contribution < -0.4 is 11.1 Å². The van der Waals surface area contributed by atoms with Crippen LogP contribution in [0.15, 0.2) is 30.3 Å². The summed E-state index contributed by atoms with van der Waals surface area (Å²) in [6, 6.07) is 10.2. The SMILES string of the molecule is CCC(C)C(C(=O)NCC(N)C1CC1)c1ccccc1.Cl. The standard InChI is InChI=1S/C17H26N2O.ClH/c1-3-12(2)16(14-7-5-4-6-8-14)17(20)19-11-15(18)13-9-10-13;/h4-8,12-13,15-16H,3,9-11,18H2,1-2H3,(H,19,20);1H. The summed E-state index contributed by atoms with van der Waals surface area (Å²) in [7, 11) is 0. The van der Waals surface area contributed by atoms with E-state index >= 15 is 0 Å². The van der Waals surface area contributed by atoms with Crippen LogP contribution in [0.25, 0.3) is 0 Å². The summed E-state index contributed by atoms with van der Waals surface area (Å²) in [5.74, 6) is 0.984. The lowest BCUT2D eigenvalue weighted by molar-refractivity contribution is -0.123. The lowest BCUT2D eigenvalue weighted by Gasteiger charge is -2.23. The molecule has 3 nitrogen and oxygen atoms in total. The lowest BCUT2D eigenvalue weighted by atomic mass is 9.85. The molecule has 3 atom stereocenters. The summed E-state index contributed by atoms with van der Waals surface area (Å²) in [4.78, 5) is 12.5. The summed E-state index contributed by atoms with van der Waals surface area (Å²) < 4.78 is 0. The largest absolute Gasteiger partial charge is 0.354 e. The van der Waals surface area contributed by atoms with E-state index in [1.165, 1.54) is 12.8 Å². The molecule has 1 saturated carbocycles. The topological polar surface area (TPSA) is 55.1 Å². The van der Waals surface area contributed by atoms with Gasteiger partial charge >= 0.3 is 0 Å². The maximum Gasteiger partial charge on any atom is 0.227 e. The van der Waals surface area contributed by atoms with Crippen molar-refractivity contribution >= 4 is 18.3 Å². The molecular weight excluding hydrogens is 284 g/mol. The zero-order valence-electron chi connectivity index (χ0n) is 12.9. The van der Waals surface area contributed by atoms with E-state index in [-0.39, 0.29) is 30.3 Å². The van der Waals surface area contributed by atoms with Crippen molar-refractivity contribution in [1.82, 2.24) is 5.32 Å². The van der Waals surface area contributed by atoms with Gasteiger partial charge in [-0.25, -0.2) is 0 Å². The third-order valence-corrected chi connectivity index (χ3v) is 4.39. The molecule has 1 amide bonds. The molecule has 0 saturated heterocycles. The molecule has 3 unspecified atom stereocenters. The Morgan fingerprint density at radius 1 is 1.33 bits per heavy atom. The monoisotopic (exact) mass is 310 g/mol. The second kappa shape index (κ2) is 8.40. The number of benzene rings is 1. The van der Waals surface area contributed by atoms with Crippen LogP contribution in [0.5, 0.6) is 0 Å². The number of hydrogen-bond donors (Lipinski definition) is 2. The molecule has 0 radical (unpaired) electrons. The average molecular weight is 311 g/mol. The fraction of sp³-hybridized carbons (Fsp3) is 0.588. The van der Waals surface area contributed by atoms with Gasteiger partial charge in [-0.05, 0) is 30.2 Å². The van der Waals surface area contributed by atoms with Crippen LogP contribution in [0.4, 0.5) is 0 Å². The number of amides is 1. The summed E-state index contributed by atoms with van der Waals surface area (Å²) in [5.41, 5.74) is 7.16. The van der Waals surface area contributed by atoms with Crippen molar-refractivity contribution in [3.8, 4) is 0 Å². The van der Waals surface area contributed by atoms with E-state index in [0.717, 1.165) is 12.0 Å². The first-order chi connectivity index (χ1) is 9.63. The number of hydrogen-bond acceptors (Lipinski definition) is 2. The Labute approximate surface area is 134 Å². The van der Waals surface area contributed by atoms with Crippen molar-refractivity contribution < 1.29 is 4.79 Å². The highest BCUT2D eigenvalue weighted by Crippen LogP contribution is 2.31. The number of rotatable bonds is 7. The summed E-state index contributed by atoms with van der Waals surface area (Å²) in [5, 5.41) is 3.05. The number of nitrogens with two attached hydrogens (primary N) is 1. The van der Waals surface area contributed by atoms with Crippen molar-refractivity contribution in [2.75, 3.05) is 6.54 Å². The van der Waals surface area contributed by atoms with Crippen LogP contribution in [0.1, 0.15) is 44.6 Å². The highest BCUT2D eigenvalue weighted by Gasteiger charge is 2.30. The van der Waals surface area contributed by atoms with Crippen LogP contribution in [0.2, 0.25) is 0 Å². The van der Waals surface area contributed by atoms with Gasteiger partial charge in [0.1, 0.15) is 0 Å². The smallest absolute Gasteiger partial charge is 0.227 e. The molecule has 1 aromatic carbocycles. The second-order valence-electron chi connectivity index (χ2n) is 6.02. The predicted molar refractivity (Wildman–Crippen MR) is 89.6 cm³/mol. The highest BCUT2D eigenvalue weighted by atomic mass is 35.5. The number of carbonyl (C=O) groups excluding carboxylic acids is 1. The average Bonchev–Trinajstić information content (AvgIpc) is 3.30. The number of halogens is 1. The van der Waals surface area contributed by atoms with E-state index in [0.29, 0.717) is 18.4 Å². The van der Waals surface area contributed by atoms with E-state index in [9.17, 15) is 4.79 Å². The molecule has 1 aromatic rings. The van der Waals surface area contributed by atoms with Gasteiger partial charge < -0.3 is 11.1 Å². The maximum atomic E-state index is 12.5. The predicted octanol–water partition coefficient (Wildman–Crippen LogP) is 3.09. The van der Waals surface area contributed by atoms with E-state index < -0.39 is 0 Å². The number of carbonyl (C=O) groups is 1. The molecule has 1 aliphatic rings. The molecular formula is C17H27ClN2O. The Kier molecular flexibility index (Phi) is 7.20. The Bertz CT molecular complexity index is 434. The van der Waals surface area contributed by atoms with Gasteiger partial charge in [-0.2, -0.15) is 0 Å². The van der Waals surface area contributed by atoms with Crippen LogP contribution in [-0.2, 0) is 4.79 Å². The van der Waals surface area contributed by atoms with E-state index in [1.807, 2.05) is 30.3 Å². The molecule has 3 N–H and O–H groups in total. The van der Waals surface area contributed by atoms with Crippen molar-refractivity contribution in [1.29, 1.82) is 0 Å². The quantitative estimate of drug-likeness (QED) is 0.813. The Balaban J connectivity index is 0.00000220. The summed E-state index contributed by atoms with van der Waals surface area (Å²) >= 11 is 0. The highest BCUT2D eigenvalue weighted by molar-refractivity contribution is 5.85. The maximum absolute atomic E-state index is 12.5. The van der Waals surface area contributed by atoms with Gasteiger partial charge in [0, 0.05) is 12.6 Å². The molecule has 0 heterocycles. The lowest BCUT2D eigenvalue weighted by Crippen LogP contribution is -2.41. The van der Waals surface area contributed by atoms with Crippen molar-refractivity contribution in [2.24, 2.45) is 17.6 Å². The molecule has 21 heavy (non-hydrogen) atoms. The minimum atomic E-state index is -0.0763. The molecule has 1 aliphatic carbocycles. The molecule has 0 aliphatic heterocycles. The van der Waals surface area contributed by atoms with Crippen molar-refractivity contribution in [3.05, 3.63) is 35.9 Å². The first-order valence-corrected chi connectivity index (χ1v) is 7.71. The molecule has 0 aromatic heterocycles. The molecule has 4 heteroatoms. The number of nitrogens with one attached hydrogen (secondary N) is 1. The van der Waals surface area contributed by atoms with Gasteiger partial charge in [0.05, 0.1) is 5.92 Å². The van der Waals surface area contributed by atoms with Crippen LogP contribution >= 0.6 is 12.4 Å². The first kappa shape index (κ1) is 18.0. The Morgan fingerprint density at radius 2 is 1.95 bits per heavy atom. The van der Waals surface area contributed by atoms with Gasteiger partial charge in [-0.3, -0.25) is 4.79 Å². The third-order valence-electron chi connectivity index (χ3n) is 4.39. The van der Waals surface area contributed by atoms with Crippen LogP contribution in [-0.4, -0.2) is 18.5 Å². The minimum absolute atomic E-state index is 0. The van der Waals surface area contributed by atoms with Crippen LogP contribution in [0, 0.1) is 11.8 Å². The van der Waals surface area contributed by atoms with E-state index in [1.54, 1.807) is 0 Å². The van der Waals surface area contributed by atoms with Gasteiger partial charge in [0.2, 0.25) is 5.91 Å². The molecule has 1 fully saturated rings. The molecule has 0 bridgehead atoms. The van der Waals surface area contributed by atoms with Crippen molar-refractivity contribution in [2.45, 2.75) is 45.1 Å². The van der Waals surface area contributed by atoms with E-state index in [2.05, 4.69) is 19.2 Å². The minimum Gasteiger partial charge on any atom is -0.354 e. The summed E-state index contributed by atoms with van der Waals surface area (Å²) in [6.07, 6.45) is 3.41. The normalized spacial score (nSPS) is 18.2. The molecule has 0 spiro atoms. The third kappa shape index (κ3) is 5.01. The van der Waals surface area contributed by atoms with Gasteiger partial charge in [-0.1, -0.05) is 50.6 Å². The van der Waals surface area contributed by atoms with Gasteiger partial charge in [0.25, 0.3) is 0 Å². The zero-order valence-corrected chi connectivity index (χ0v) is 13.7. The van der Waals surface area contributed by atoms with Crippen LogP contribution in [0.3, 0.4) is 0 Å². The molecule has 2 rings (SSSR count). The Hall–Kier alpha value is -1.06.